The molecule has 0 amide bonds. The molecule has 2 aliphatic rings. The Kier molecular flexibility index (Phi) is 15.0. The molecule has 184 valence electrons. The van der Waals surface area contributed by atoms with Crippen molar-refractivity contribution in [3.63, 3.8) is 0 Å². The molecule has 0 fully saturated rings. The standard InChI is InChI=1S/C10H16N2S.C9H11N.C5H12.2C2H6/c1-10(2,3)9-12-7-6-11-5-4-8(7)13-9;1-2-4-9-7-10-6-5-8(9)3-1;1-5(2,3)4;2*1-2/h11H,4-6H2,1-3H3;1-4,10H,5-7H2;1-4H3;2*1-2H3. The maximum Gasteiger partial charge on any atom is 0.0985 e. The molecule has 0 saturated carbocycles. The van der Waals surface area contributed by atoms with E-state index in [9.17, 15) is 0 Å². The summed E-state index contributed by atoms with van der Waals surface area (Å²) in [5, 5.41) is 7.97. The van der Waals surface area contributed by atoms with E-state index in [-0.39, 0.29) is 5.41 Å². The van der Waals surface area contributed by atoms with E-state index in [4.69, 9.17) is 0 Å². The van der Waals surface area contributed by atoms with Crippen molar-refractivity contribution in [1.82, 2.24) is 15.6 Å². The van der Waals surface area contributed by atoms with Gasteiger partial charge in [-0.3, -0.25) is 0 Å². The summed E-state index contributed by atoms with van der Waals surface area (Å²) < 4.78 is 0. The Morgan fingerprint density at radius 2 is 1.25 bits per heavy atom. The number of rotatable bonds is 0. The van der Waals surface area contributed by atoms with Crippen LogP contribution in [0.15, 0.2) is 24.3 Å². The normalized spacial score (nSPS) is 14.3. The third-order valence-electron chi connectivity index (χ3n) is 4.25. The Bertz CT molecular complexity index is 681. The Labute approximate surface area is 203 Å². The molecule has 4 heteroatoms. The summed E-state index contributed by atoms with van der Waals surface area (Å²) in [6, 6.07) is 8.63. The molecule has 0 unspecified atom stereocenters. The van der Waals surface area contributed by atoms with E-state index >= 15 is 0 Å². The maximum absolute atomic E-state index is 4.68. The lowest BCUT2D eigenvalue weighted by Gasteiger charge is -2.15. The predicted octanol–water partition coefficient (Wildman–Crippen LogP) is 7.52. The van der Waals surface area contributed by atoms with Crippen LogP contribution in [0.4, 0.5) is 0 Å². The van der Waals surface area contributed by atoms with Crippen LogP contribution in [-0.2, 0) is 31.3 Å². The van der Waals surface area contributed by atoms with E-state index in [1.54, 1.807) is 0 Å². The van der Waals surface area contributed by atoms with Crippen LogP contribution in [-0.4, -0.2) is 18.1 Å². The molecule has 0 radical (unpaired) electrons. The largest absolute Gasteiger partial charge is 0.312 e. The summed E-state index contributed by atoms with van der Waals surface area (Å²) in [4.78, 5) is 6.17. The third kappa shape index (κ3) is 12.7. The summed E-state index contributed by atoms with van der Waals surface area (Å²) in [6.45, 7) is 27.7. The Morgan fingerprint density at radius 3 is 1.75 bits per heavy atom. The number of benzene rings is 1. The molecule has 3 heterocycles. The molecule has 1 aromatic heterocycles. The number of hydrogen-bond donors (Lipinski definition) is 2. The summed E-state index contributed by atoms with van der Waals surface area (Å²) in [6.07, 6.45) is 2.35. The molecule has 0 spiro atoms. The first-order valence-electron chi connectivity index (χ1n) is 12.5. The van der Waals surface area contributed by atoms with Crippen LogP contribution in [0, 0.1) is 5.41 Å². The Balaban J connectivity index is 0.000000450. The number of hydrogen-bond acceptors (Lipinski definition) is 4. The van der Waals surface area contributed by atoms with E-state index < -0.39 is 0 Å². The quantitative estimate of drug-likeness (QED) is 0.426. The molecule has 0 atom stereocenters. The van der Waals surface area contributed by atoms with Gasteiger partial charge in [-0.15, -0.1) is 11.3 Å². The van der Waals surface area contributed by atoms with Gasteiger partial charge in [-0.25, -0.2) is 4.98 Å². The number of aromatic nitrogens is 1. The molecular weight excluding hydrogens is 410 g/mol. The molecule has 1 aromatic carbocycles. The van der Waals surface area contributed by atoms with Crippen molar-refractivity contribution in [2.24, 2.45) is 5.41 Å². The number of fused-ring (bicyclic) bond motifs is 2. The zero-order valence-electron chi connectivity index (χ0n) is 22.9. The summed E-state index contributed by atoms with van der Waals surface area (Å²) in [7, 11) is 0. The highest BCUT2D eigenvalue weighted by Gasteiger charge is 2.22. The van der Waals surface area contributed by atoms with E-state index in [0.29, 0.717) is 5.41 Å². The molecule has 32 heavy (non-hydrogen) atoms. The first-order valence-corrected chi connectivity index (χ1v) is 13.3. The molecule has 0 bridgehead atoms. The number of thiazole rings is 1. The molecular formula is C28H51N3S. The zero-order chi connectivity index (χ0) is 24.8. The van der Waals surface area contributed by atoms with Gasteiger partial charge in [-0.05, 0) is 35.9 Å². The Hall–Kier alpha value is -1.23. The van der Waals surface area contributed by atoms with Crippen LogP contribution in [0.3, 0.4) is 0 Å². The second kappa shape index (κ2) is 15.6. The lowest BCUT2D eigenvalue weighted by Crippen LogP contribution is -2.23. The molecule has 3 nitrogen and oxygen atoms in total. The first-order chi connectivity index (χ1) is 15.0. The van der Waals surface area contributed by atoms with Crippen molar-refractivity contribution < 1.29 is 0 Å². The SMILES string of the molecule is CC.CC.CC(C)(C)C.CC(C)(C)c1nc2c(s1)CCNC2.c1ccc2c(c1)CCNC2. The van der Waals surface area contributed by atoms with Crippen molar-refractivity contribution in [2.45, 2.75) is 108 Å². The van der Waals surface area contributed by atoms with E-state index in [0.717, 1.165) is 32.6 Å². The van der Waals surface area contributed by atoms with E-state index in [1.807, 2.05) is 39.0 Å². The summed E-state index contributed by atoms with van der Waals surface area (Å²) in [5.74, 6) is 0. The monoisotopic (exact) mass is 461 g/mol. The second-order valence-electron chi connectivity index (χ2n) is 10.3. The topological polar surface area (TPSA) is 37.0 Å². The highest BCUT2D eigenvalue weighted by Crippen LogP contribution is 2.30. The van der Waals surface area contributed by atoms with Gasteiger partial charge >= 0.3 is 0 Å². The number of nitrogens with one attached hydrogen (secondary N) is 2. The maximum atomic E-state index is 4.68. The van der Waals surface area contributed by atoms with Crippen LogP contribution < -0.4 is 10.6 Å². The van der Waals surface area contributed by atoms with Gasteiger partial charge in [0.05, 0.1) is 10.7 Å². The highest BCUT2D eigenvalue weighted by atomic mass is 32.1. The lowest BCUT2D eigenvalue weighted by atomic mass is 9.98. The van der Waals surface area contributed by atoms with Gasteiger partial charge in [0, 0.05) is 29.9 Å². The van der Waals surface area contributed by atoms with Crippen molar-refractivity contribution in [1.29, 1.82) is 0 Å². The van der Waals surface area contributed by atoms with Crippen molar-refractivity contribution in [3.05, 3.63) is 51.0 Å². The molecule has 4 rings (SSSR count). The Morgan fingerprint density at radius 1 is 0.750 bits per heavy atom. The third-order valence-corrected chi connectivity index (χ3v) is 5.83. The smallest absolute Gasteiger partial charge is 0.0985 e. The van der Waals surface area contributed by atoms with Crippen LogP contribution in [0.25, 0.3) is 0 Å². The van der Waals surface area contributed by atoms with E-state index in [2.05, 4.69) is 88.3 Å². The molecule has 2 N–H and O–H groups in total. The molecule has 2 aromatic rings. The van der Waals surface area contributed by atoms with Crippen molar-refractivity contribution in [2.75, 3.05) is 13.1 Å². The van der Waals surface area contributed by atoms with Crippen LogP contribution in [0.2, 0.25) is 0 Å². The minimum Gasteiger partial charge on any atom is -0.312 e. The summed E-state index contributed by atoms with van der Waals surface area (Å²) >= 11 is 1.89. The minimum atomic E-state index is 0.210. The minimum absolute atomic E-state index is 0.210. The summed E-state index contributed by atoms with van der Waals surface area (Å²) in [5.41, 5.74) is 4.97. The molecule has 2 aliphatic heterocycles. The lowest BCUT2D eigenvalue weighted by molar-refractivity contribution is 0.469. The average Bonchev–Trinajstić information content (AvgIpc) is 3.21. The van der Waals surface area contributed by atoms with Gasteiger partial charge in [-0.2, -0.15) is 0 Å². The van der Waals surface area contributed by atoms with Gasteiger partial charge < -0.3 is 10.6 Å². The zero-order valence-corrected chi connectivity index (χ0v) is 23.7. The van der Waals surface area contributed by atoms with Gasteiger partial charge in [0.25, 0.3) is 0 Å². The van der Waals surface area contributed by atoms with Crippen LogP contribution >= 0.6 is 11.3 Å². The van der Waals surface area contributed by atoms with Gasteiger partial charge in [0.15, 0.2) is 0 Å². The van der Waals surface area contributed by atoms with Crippen molar-refractivity contribution >= 4 is 11.3 Å². The fourth-order valence-electron chi connectivity index (χ4n) is 2.87. The predicted molar refractivity (Wildman–Crippen MR) is 146 cm³/mol. The van der Waals surface area contributed by atoms with Gasteiger partial charge in [-0.1, -0.05) is 100 Å². The fraction of sp³-hybridized carbons (Fsp3) is 0.679. The molecule has 0 saturated heterocycles. The molecule has 0 aliphatic carbocycles. The second-order valence-corrected chi connectivity index (χ2v) is 11.3. The van der Waals surface area contributed by atoms with Crippen molar-refractivity contribution in [3.8, 4) is 0 Å². The van der Waals surface area contributed by atoms with Gasteiger partial charge in [0.2, 0.25) is 0 Å². The van der Waals surface area contributed by atoms with Crippen LogP contribution in [0.1, 0.15) is 103 Å². The highest BCUT2D eigenvalue weighted by molar-refractivity contribution is 7.11. The van der Waals surface area contributed by atoms with Crippen LogP contribution in [0.5, 0.6) is 0 Å². The first kappa shape index (κ1) is 30.8. The van der Waals surface area contributed by atoms with E-state index in [1.165, 1.54) is 33.1 Å². The number of nitrogens with zero attached hydrogens (tertiary/aromatic N) is 1. The van der Waals surface area contributed by atoms with Gasteiger partial charge in [0.1, 0.15) is 0 Å². The average molecular weight is 462 g/mol. The fourth-order valence-corrected chi connectivity index (χ4v) is 4.00.